The average Bonchev–Trinajstić information content (AvgIpc) is 3.36. The lowest BCUT2D eigenvalue weighted by Gasteiger charge is -2.13. The van der Waals surface area contributed by atoms with Crippen molar-refractivity contribution in [3.63, 3.8) is 0 Å². The zero-order chi connectivity index (χ0) is 24.5. The van der Waals surface area contributed by atoms with Crippen LogP contribution in [-0.4, -0.2) is 41.5 Å². The molecule has 2 heterocycles. The first-order valence-electron chi connectivity index (χ1n) is 9.91. The van der Waals surface area contributed by atoms with Crippen LogP contribution in [0.4, 0.5) is 11.5 Å². The average molecular weight is 485 g/mol. The predicted octanol–water partition coefficient (Wildman–Crippen LogP) is 2.14. The van der Waals surface area contributed by atoms with Gasteiger partial charge >= 0.3 is 11.7 Å². The summed E-state index contributed by atoms with van der Waals surface area (Å²) in [5.41, 5.74) is 0.700. The third-order valence-electron chi connectivity index (χ3n) is 4.70. The van der Waals surface area contributed by atoms with Crippen LogP contribution in [0.25, 0.3) is 11.0 Å². The Hall–Kier alpha value is -4.39. The van der Waals surface area contributed by atoms with Crippen molar-refractivity contribution in [1.82, 2.24) is 15.1 Å². The van der Waals surface area contributed by atoms with Gasteiger partial charge in [0.1, 0.15) is 5.76 Å². The molecule has 0 bridgehead atoms. The van der Waals surface area contributed by atoms with Crippen LogP contribution in [0.3, 0.4) is 0 Å². The highest BCUT2D eigenvalue weighted by atomic mass is 32.2. The molecule has 0 aliphatic rings. The third-order valence-corrected chi connectivity index (χ3v) is 6.08. The molecule has 0 spiro atoms. The number of H-pyrrole nitrogens is 2. The van der Waals surface area contributed by atoms with Crippen LogP contribution in [0.1, 0.15) is 23.0 Å². The molecule has 2 aromatic carbocycles. The monoisotopic (exact) mass is 485 g/mol. The lowest BCUT2D eigenvalue weighted by Crippen LogP contribution is -2.30. The fourth-order valence-corrected chi connectivity index (χ4v) is 4.09. The second-order valence-corrected chi connectivity index (χ2v) is 9.01. The Balaban J connectivity index is 1.40. The Kier molecular flexibility index (Phi) is 5.94. The molecule has 0 radical (unpaired) electrons. The topological polar surface area (TPSA) is 176 Å². The number of carbonyl (C=O) groups is 2. The fourth-order valence-electron chi connectivity index (χ4n) is 3.00. The normalized spacial score (nSPS) is 12.3. The number of ether oxygens (including phenoxy) is 1. The third kappa shape index (κ3) is 4.99. The van der Waals surface area contributed by atoms with E-state index in [-0.39, 0.29) is 22.0 Å². The van der Waals surface area contributed by atoms with Crippen molar-refractivity contribution in [2.75, 3.05) is 10.0 Å². The zero-order valence-electron chi connectivity index (χ0n) is 17.9. The summed E-state index contributed by atoms with van der Waals surface area (Å²) in [4.78, 5) is 40.9. The minimum absolute atomic E-state index is 0.0547. The van der Waals surface area contributed by atoms with E-state index in [0.717, 1.165) is 0 Å². The molecule has 0 aliphatic heterocycles. The first kappa shape index (κ1) is 22.8. The number of carbonyl (C=O) groups excluding carboxylic acids is 2. The highest BCUT2D eigenvalue weighted by Gasteiger charge is 2.21. The molecule has 0 unspecified atom stereocenters. The molecule has 1 amide bonds. The molecule has 176 valence electrons. The zero-order valence-corrected chi connectivity index (χ0v) is 18.7. The van der Waals surface area contributed by atoms with Crippen molar-refractivity contribution >= 4 is 44.4 Å². The first-order valence-corrected chi connectivity index (χ1v) is 11.4. The maximum absolute atomic E-state index is 12.7. The molecule has 4 N–H and O–H groups in total. The standard InChI is InChI=1S/C21H19N5O7S/c1-11-9-18(25-33-11)24-19(27)12(2)32-20(28)13-3-5-14(6-4-13)26-34(30,31)15-7-8-16-17(10-15)23-21(29)22-16/h3-10,12,26H,1-2H3,(H2,22,23,29)(H,24,25,27)/t12-/m0/s1. The molecule has 4 rings (SSSR count). The van der Waals surface area contributed by atoms with E-state index in [4.69, 9.17) is 9.26 Å². The summed E-state index contributed by atoms with van der Waals surface area (Å²) in [6, 6.07) is 11.2. The second kappa shape index (κ2) is 8.86. The van der Waals surface area contributed by atoms with Gasteiger partial charge in [0.15, 0.2) is 11.9 Å². The molecule has 0 fully saturated rings. The molecule has 2 aromatic heterocycles. The molecule has 0 saturated heterocycles. The number of hydrogen-bond acceptors (Lipinski definition) is 8. The first-order chi connectivity index (χ1) is 16.1. The number of nitrogens with one attached hydrogen (secondary N) is 4. The van der Waals surface area contributed by atoms with Gasteiger partial charge in [0.2, 0.25) is 0 Å². The number of fused-ring (bicyclic) bond motifs is 1. The Bertz CT molecular complexity index is 1530. The van der Waals surface area contributed by atoms with E-state index < -0.39 is 33.7 Å². The summed E-state index contributed by atoms with van der Waals surface area (Å²) in [6.45, 7) is 3.07. The van der Waals surface area contributed by atoms with Crippen molar-refractivity contribution in [3.8, 4) is 0 Å². The number of rotatable bonds is 7. The highest BCUT2D eigenvalue weighted by Crippen LogP contribution is 2.20. The molecular weight excluding hydrogens is 466 g/mol. The van der Waals surface area contributed by atoms with Gasteiger partial charge in [-0.05, 0) is 56.3 Å². The molecule has 13 heteroatoms. The SMILES string of the molecule is Cc1cc(NC(=O)[C@H](C)OC(=O)c2ccc(NS(=O)(=O)c3ccc4[nH]c(=O)[nH]c4c3)cc2)no1. The number of aromatic amines is 2. The minimum Gasteiger partial charge on any atom is -0.449 e. The van der Waals surface area contributed by atoms with Crippen LogP contribution in [0, 0.1) is 6.92 Å². The van der Waals surface area contributed by atoms with Crippen molar-refractivity contribution in [3.05, 3.63) is 70.3 Å². The van der Waals surface area contributed by atoms with E-state index in [9.17, 15) is 22.8 Å². The van der Waals surface area contributed by atoms with Gasteiger partial charge in [-0.3, -0.25) is 9.52 Å². The quantitative estimate of drug-likeness (QED) is 0.288. The molecule has 0 aliphatic carbocycles. The van der Waals surface area contributed by atoms with Crippen LogP contribution in [0.15, 0.2) is 62.7 Å². The van der Waals surface area contributed by atoms with Crippen molar-refractivity contribution < 1.29 is 27.3 Å². The molecular formula is C21H19N5O7S. The lowest BCUT2D eigenvalue weighted by molar-refractivity contribution is -0.123. The van der Waals surface area contributed by atoms with Crippen LogP contribution >= 0.6 is 0 Å². The number of benzene rings is 2. The van der Waals surface area contributed by atoms with Gasteiger partial charge in [-0.25, -0.2) is 18.0 Å². The number of nitrogens with zero attached hydrogens (tertiary/aromatic N) is 1. The molecule has 0 saturated carbocycles. The van der Waals surface area contributed by atoms with Crippen LogP contribution in [-0.2, 0) is 19.6 Å². The lowest BCUT2D eigenvalue weighted by atomic mass is 10.2. The van der Waals surface area contributed by atoms with Gasteiger partial charge in [-0.15, -0.1) is 0 Å². The van der Waals surface area contributed by atoms with E-state index in [1.807, 2.05) is 0 Å². The summed E-state index contributed by atoms with van der Waals surface area (Å²) in [5, 5.41) is 6.09. The Morgan fingerprint density at radius 2 is 1.76 bits per heavy atom. The highest BCUT2D eigenvalue weighted by molar-refractivity contribution is 7.92. The number of anilines is 2. The van der Waals surface area contributed by atoms with Crippen LogP contribution < -0.4 is 15.7 Å². The summed E-state index contributed by atoms with van der Waals surface area (Å²) in [5.74, 6) is -0.651. The number of hydrogen-bond donors (Lipinski definition) is 4. The Morgan fingerprint density at radius 1 is 1.06 bits per heavy atom. The molecule has 34 heavy (non-hydrogen) atoms. The molecule has 12 nitrogen and oxygen atoms in total. The van der Waals surface area contributed by atoms with Crippen LogP contribution in [0.2, 0.25) is 0 Å². The van der Waals surface area contributed by atoms with Gasteiger partial charge < -0.3 is 24.5 Å². The van der Waals surface area contributed by atoms with E-state index >= 15 is 0 Å². The number of esters is 1. The van der Waals surface area contributed by atoms with Crippen LogP contribution in [0.5, 0.6) is 0 Å². The van der Waals surface area contributed by atoms with Crippen molar-refractivity contribution in [1.29, 1.82) is 0 Å². The number of sulfonamides is 1. The number of imidazole rings is 1. The summed E-state index contributed by atoms with van der Waals surface area (Å²) in [6.07, 6.45) is -1.11. The van der Waals surface area contributed by atoms with Crippen molar-refractivity contribution in [2.24, 2.45) is 0 Å². The van der Waals surface area contributed by atoms with Gasteiger partial charge in [0.05, 0.1) is 21.5 Å². The Morgan fingerprint density at radius 3 is 2.44 bits per heavy atom. The van der Waals surface area contributed by atoms with E-state index in [1.54, 1.807) is 6.92 Å². The minimum atomic E-state index is -3.96. The maximum atomic E-state index is 12.7. The smallest absolute Gasteiger partial charge is 0.338 e. The van der Waals surface area contributed by atoms with Crippen molar-refractivity contribution in [2.45, 2.75) is 24.8 Å². The largest absolute Gasteiger partial charge is 0.449 e. The Labute approximate surface area is 192 Å². The van der Waals surface area contributed by atoms with Gasteiger partial charge in [0, 0.05) is 11.8 Å². The maximum Gasteiger partial charge on any atom is 0.338 e. The summed E-state index contributed by atoms with van der Waals surface area (Å²) in [7, 11) is -3.96. The second-order valence-electron chi connectivity index (χ2n) is 7.33. The van der Waals surface area contributed by atoms with E-state index in [0.29, 0.717) is 16.8 Å². The summed E-state index contributed by atoms with van der Waals surface area (Å²) < 4.78 is 37.8. The fraction of sp³-hybridized carbons (Fsp3) is 0.143. The van der Waals surface area contributed by atoms with Gasteiger partial charge in [-0.1, -0.05) is 5.16 Å². The van der Waals surface area contributed by atoms with E-state index in [1.165, 1.54) is 55.5 Å². The molecule has 1 atom stereocenters. The number of aryl methyl sites for hydroxylation is 1. The van der Waals surface area contributed by atoms with E-state index in [2.05, 4.69) is 25.2 Å². The molecule has 4 aromatic rings. The van der Waals surface area contributed by atoms with Gasteiger partial charge in [0.25, 0.3) is 15.9 Å². The number of aromatic nitrogens is 3. The summed E-state index contributed by atoms with van der Waals surface area (Å²) >= 11 is 0. The van der Waals surface area contributed by atoms with Gasteiger partial charge in [-0.2, -0.15) is 0 Å². The predicted molar refractivity (Wildman–Crippen MR) is 121 cm³/mol. The number of amides is 1.